The first-order valence-electron chi connectivity index (χ1n) is 8.22. The van der Waals surface area contributed by atoms with Gasteiger partial charge in [0.1, 0.15) is 17.8 Å². The minimum atomic E-state index is 0.0981. The molecule has 6 heteroatoms. The molecule has 0 saturated heterocycles. The summed E-state index contributed by atoms with van der Waals surface area (Å²) >= 11 is 0. The van der Waals surface area contributed by atoms with Crippen molar-refractivity contribution in [2.24, 2.45) is 0 Å². The summed E-state index contributed by atoms with van der Waals surface area (Å²) in [6, 6.07) is 16.5. The lowest BCUT2D eigenvalue weighted by Gasteiger charge is -2.32. The van der Waals surface area contributed by atoms with Gasteiger partial charge in [-0.3, -0.25) is 0 Å². The van der Waals surface area contributed by atoms with Gasteiger partial charge in [0.2, 0.25) is 5.95 Å². The molecule has 0 aliphatic carbocycles. The smallest absolute Gasteiger partial charge is 0.222 e. The number of nitrogens with zero attached hydrogens (tertiary/aromatic N) is 3. The van der Waals surface area contributed by atoms with Crippen LogP contribution in [0.25, 0.3) is 0 Å². The van der Waals surface area contributed by atoms with E-state index in [1.54, 1.807) is 20.5 Å². The zero-order valence-electron chi connectivity index (χ0n) is 14.2. The van der Waals surface area contributed by atoms with Gasteiger partial charge < -0.3 is 14.8 Å². The van der Waals surface area contributed by atoms with Crippen molar-refractivity contribution in [2.45, 2.75) is 18.5 Å². The van der Waals surface area contributed by atoms with Crippen LogP contribution in [0.15, 0.2) is 54.9 Å². The number of methoxy groups -OCH3 is 2. The van der Waals surface area contributed by atoms with Crippen LogP contribution in [0.1, 0.15) is 29.6 Å². The highest BCUT2D eigenvalue weighted by Gasteiger charge is 2.30. The van der Waals surface area contributed by atoms with Gasteiger partial charge in [0.15, 0.2) is 0 Å². The van der Waals surface area contributed by atoms with Crippen molar-refractivity contribution in [1.29, 1.82) is 0 Å². The molecule has 1 aromatic heterocycles. The molecule has 1 N–H and O–H groups in total. The third-order valence-electron chi connectivity index (χ3n) is 4.63. The molecular weight excluding hydrogens is 316 g/mol. The van der Waals surface area contributed by atoms with Crippen molar-refractivity contribution in [3.8, 4) is 11.5 Å². The quantitative estimate of drug-likeness (QED) is 0.791. The van der Waals surface area contributed by atoms with E-state index in [1.165, 1.54) is 5.56 Å². The average Bonchev–Trinajstić information content (AvgIpc) is 3.16. The molecule has 0 fully saturated rings. The fourth-order valence-electron chi connectivity index (χ4n) is 3.30. The number of hydrogen-bond donors (Lipinski definition) is 1. The van der Waals surface area contributed by atoms with Gasteiger partial charge in [0.05, 0.1) is 26.3 Å². The van der Waals surface area contributed by atoms with Crippen LogP contribution in [0.2, 0.25) is 0 Å². The molecule has 4 rings (SSSR count). The Morgan fingerprint density at radius 3 is 2.56 bits per heavy atom. The van der Waals surface area contributed by atoms with Gasteiger partial charge in [0, 0.05) is 0 Å². The third-order valence-corrected chi connectivity index (χ3v) is 4.63. The Bertz CT molecular complexity index is 860. The van der Waals surface area contributed by atoms with E-state index in [2.05, 4.69) is 39.7 Å². The molecule has 25 heavy (non-hydrogen) atoms. The van der Waals surface area contributed by atoms with E-state index in [0.717, 1.165) is 29.4 Å². The first-order valence-corrected chi connectivity index (χ1v) is 8.22. The lowest BCUT2D eigenvalue weighted by molar-refractivity contribution is 0.405. The molecule has 0 spiro atoms. The highest BCUT2D eigenvalue weighted by atomic mass is 16.5. The van der Waals surface area contributed by atoms with Crippen molar-refractivity contribution in [3.63, 3.8) is 0 Å². The van der Waals surface area contributed by atoms with Gasteiger partial charge >= 0.3 is 0 Å². The Morgan fingerprint density at radius 2 is 1.80 bits per heavy atom. The number of hydrogen-bond acceptors (Lipinski definition) is 5. The standard InChI is InChI=1S/C19H20N4O2/c1-24-15-8-6-13(7-9-15)17-11-18(23-19(22-17)20-12-21-23)14-4-3-5-16(10-14)25-2/h3-10,12,17-18H,11H2,1-2H3,(H,20,21,22). The van der Waals surface area contributed by atoms with E-state index in [9.17, 15) is 0 Å². The third kappa shape index (κ3) is 2.91. The number of benzene rings is 2. The van der Waals surface area contributed by atoms with Crippen LogP contribution in [-0.2, 0) is 0 Å². The molecule has 3 aromatic rings. The number of rotatable bonds is 4. The minimum Gasteiger partial charge on any atom is -0.497 e. The van der Waals surface area contributed by atoms with Crippen molar-refractivity contribution < 1.29 is 9.47 Å². The Balaban J connectivity index is 1.69. The predicted octanol–water partition coefficient (Wildman–Crippen LogP) is 3.44. The maximum atomic E-state index is 5.38. The lowest BCUT2D eigenvalue weighted by Crippen LogP contribution is -2.28. The molecule has 2 aromatic carbocycles. The van der Waals surface area contributed by atoms with Crippen LogP contribution in [0.4, 0.5) is 5.95 Å². The van der Waals surface area contributed by atoms with Gasteiger partial charge in [0.25, 0.3) is 0 Å². The Kier molecular flexibility index (Phi) is 4.01. The van der Waals surface area contributed by atoms with Crippen LogP contribution in [0, 0.1) is 0 Å². The molecule has 0 amide bonds. The second-order valence-electron chi connectivity index (χ2n) is 6.03. The first-order chi connectivity index (χ1) is 12.3. The van der Waals surface area contributed by atoms with Crippen molar-refractivity contribution >= 4 is 5.95 Å². The molecule has 0 radical (unpaired) electrons. The van der Waals surface area contributed by atoms with E-state index in [4.69, 9.17) is 9.47 Å². The van der Waals surface area contributed by atoms with E-state index in [-0.39, 0.29) is 12.1 Å². The average molecular weight is 336 g/mol. The second kappa shape index (κ2) is 6.47. The minimum absolute atomic E-state index is 0.0981. The second-order valence-corrected chi connectivity index (χ2v) is 6.03. The van der Waals surface area contributed by atoms with Gasteiger partial charge in [-0.25, -0.2) is 4.68 Å². The number of nitrogens with one attached hydrogen (secondary N) is 1. The summed E-state index contributed by atoms with van der Waals surface area (Å²) < 4.78 is 12.6. The largest absolute Gasteiger partial charge is 0.497 e. The normalized spacial score (nSPS) is 19.0. The summed E-state index contributed by atoms with van der Waals surface area (Å²) in [6.45, 7) is 0. The van der Waals surface area contributed by atoms with Gasteiger partial charge in [-0.1, -0.05) is 24.3 Å². The molecule has 2 heterocycles. The first kappa shape index (κ1) is 15.5. The molecule has 0 bridgehead atoms. The number of fused-ring (bicyclic) bond motifs is 1. The zero-order chi connectivity index (χ0) is 17.2. The maximum Gasteiger partial charge on any atom is 0.222 e. The molecule has 1 aliphatic rings. The summed E-state index contributed by atoms with van der Waals surface area (Å²) in [5.41, 5.74) is 2.36. The fourth-order valence-corrected chi connectivity index (χ4v) is 3.30. The number of anilines is 1. The Labute approximate surface area is 146 Å². The monoisotopic (exact) mass is 336 g/mol. The summed E-state index contributed by atoms with van der Waals surface area (Å²) in [5, 5.41) is 7.88. The van der Waals surface area contributed by atoms with Gasteiger partial charge in [-0.05, 0) is 41.8 Å². The molecule has 1 aliphatic heterocycles. The molecule has 128 valence electrons. The van der Waals surface area contributed by atoms with Crippen molar-refractivity contribution in [1.82, 2.24) is 14.8 Å². The number of ether oxygens (including phenoxy) is 2. The molecular formula is C19H20N4O2. The molecule has 2 unspecified atom stereocenters. The fraction of sp³-hybridized carbons (Fsp3) is 0.263. The topological polar surface area (TPSA) is 61.2 Å². The number of aromatic nitrogens is 3. The van der Waals surface area contributed by atoms with Crippen LogP contribution in [0.3, 0.4) is 0 Å². The zero-order valence-corrected chi connectivity index (χ0v) is 14.2. The van der Waals surface area contributed by atoms with Crippen molar-refractivity contribution in [3.05, 3.63) is 66.0 Å². The van der Waals surface area contributed by atoms with E-state index < -0.39 is 0 Å². The van der Waals surface area contributed by atoms with E-state index in [1.807, 2.05) is 28.9 Å². The highest BCUT2D eigenvalue weighted by Crippen LogP contribution is 2.38. The predicted molar refractivity (Wildman–Crippen MR) is 95.1 cm³/mol. The van der Waals surface area contributed by atoms with Crippen LogP contribution in [0.5, 0.6) is 11.5 Å². The summed E-state index contributed by atoms with van der Waals surface area (Å²) in [7, 11) is 3.36. The highest BCUT2D eigenvalue weighted by molar-refractivity contribution is 5.40. The molecule has 0 saturated carbocycles. The summed E-state index contributed by atoms with van der Waals surface area (Å²) in [4.78, 5) is 4.37. The summed E-state index contributed by atoms with van der Waals surface area (Å²) in [6.07, 6.45) is 2.46. The molecule has 6 nitrogen and oxygen atoms in total. The summed E-state index contributed by atoms with van der Waals surface area (Å²) in [5.74, 6) is 2.48. The van der Waals surface area contributed by atoms with Gasteiger partial charge in [-0.15, -0.1) is 0 Å². The van der Waals surface area contributed by atoms with Crippen LogP contribution in [-0.4, -0.2) is 29.0 Å². The van der Waals surface area contributed by atoms with Crippen LogP contribution >= 0.6 is 0 Å². The van der Waals surface area contributed by atoms with Gasteiger partial charge in [-0.2, -0.15) is 10.1 Å². The van der Waals surface area contributed by atoms with Crippen LogP contribution < -0.4 is 14.8 Å². The van der Waals surface area contributed by atoms with Crippen molar-refractivity contribution in [2.75, 3.05) is 19.5 Å². The van der Waals surface area contributed by atoms with E-state index in [0.29, 0.717) is 0 Å². The Morgan fingerprint density at radius 1 is 1.00 bits per heavy atom. The maximum absolute atomic E-state index is 5.38. The Hall–Kier alpha value is -3.02. The SMILES string of the molecule is COc1ccc(C2CC(c3cccc(OC)c3)n3ncnc3N2)cc1. The van der Waals surface area contributed by atoms with E-state index >= 15 is 0 Å². The lowest BCUT2D eigenvalue weighted by atomic mass is 9.93. The molecule has 2 atom stereocenters.